The van der Waals surface area contributed by atoms with E-state index in [-0.39, 0.29) is 22.9 Å². The fourth-order valence-electron chi connectivity index (χ4n) is 1.84. The summed E-state index contributed by atoms with van der Waals surface area (Å²) in [6.07, 6.45) is -0.973. The van der Waals surface area contributed by atoms with Crippen LogP contribution in [0.3, 0.4) is 0 Å². The van der Waals surface area contributed by atoms with Crippen molar-refractivity contribution in [3.63, 3.8) is 0 Å². The largest absolute Gasteiger partial charge is 0.449 e. The molecule has 120 valence electrons. The Bertz CT molecular complexity index is 703. The van der Waals surface area contributed by atoms with Crippen LogP contribution in [-0.2, 0) is 16.1 Å². The van der Waals surface area contributed by atoms with E-state index < -0.39 is 18.0 Å². The van der Waals surface area contributed by atoms with Crippen molar-refractivity contribution in [2.45, 2.75) is 19.6 Å². The molecule has 0 aliphatic carbocycles. The average Bonchev–Trinajstić information content (AvgIpc) is 2.54. The summed E-state index contributed by atoms with van der Waals surface area (Å²) < 4.78 is 17.9. The maximum atomic E-state index is 12.8. The van der Waals surface area contributed by atoms with Crippen LogP contribution < -0.4 is 5.32 Å². The highest BCUT2D eigenvalue weighted by Gasteiger charge is 2.20. The molecule has 0 aromatic heterocycles. The molecule has 0 saturated heterocycles. The van der Waals surface area contributed by atoms with E-state index in [1.54, 1.807) is 30.3 Å². The van der Waals surface area contributed by atoms with Crippen molar-refractivity contribution < 1.29 is 18.7 Å². The predicted octanol–water partition coefficient (Wildman–Crippen LogP) is 3.34. The number of hydrogen-bond donors (Lipinski definition) is 1. The van der Waals surface area contributed by atoms with Crippen molar-refractivity contribution in [3.05, 3.63) is 70.5 Å². The zero-order valence-electron chi connectivity index (χ0n) is 12.4. The first-order chi connectivity index (χ1) is 11.0. The van der Waals surface area contributed by atoms with E-state index >= 15 is 0 Å². The van der Waals surface area contributed by atoms with Crippen LogP contribution in [0.1, 0.15) is 22.8 Å². The molecule has 2 aromatic carbocycles. The van der Waals surface area contributed by atoms with Crippen LogP contribution in [0.5, 0.6) is 0 Å². The second kappa shape index (κ2) is 7.74. The monoisotopic (exact) mass is 335 g/mol. The second-order valence-corrected chi connectivity index (χ2v) is 5.28. The van der Waals surface area contributed by atoms with Gasteiger partial charge >= 0.3 is 5.97 Å². The van der Waals surface area contributed by atoms with Crippen molar-refractivity contribution in [3.8, 4) is 0 Å². The van der Waals surface area contributed by atoms with Gasteiger partial charge in [0.2, 0.25) is 0 Å². The summed E-state index contributed by atoms with van der Waals surface area (Å²) in [7, 11) is 0. The van der Waals surface area contributed by atoms with E-state index in [2.05, 4.69) is 5.32 Å². The molecule has 0 aliphatic rings. The zero-order chi connectivity index (χ0) is 16.8. The van der Waals surface area contributed by atoms with Gasteiger partial charge in [-0.05, 0) is 36.8 Å². The van der Waals surface area contributed by atoms with E-state index in [0.29, 0.717) is 0 Å². The fourth-order valence-corrected chi connectivity index (χ4v) is 2.05. The first-order valence-corrected chi connectivity index (χ1v) is 7.33. The number of amides is 1. The average molecular weight is 336 g/mol. The topological polar surface area (TPSA) is 55.4 Å². The predicted molar refractivity (Wildman–Crippen MR) is 84.6 cm³/mol. The minimum absolute atomic E-state index is 0.201. The summed E-state index contributed by atoms with van der Waals surface area (Å²) in [6, 6.07) is 12.2. The van der Waals surface area contributed by atoms with Crippen LogP contribution in [0.25, 0.3) is 0 Å². The van der Waals surface area contributed by atoms with Gasteiger partial charge in [0.05, 0.1) is 10.6 Å². The minimum Gasteiger partial charge on any atom is -0.449 e. The molecule has 0 bridgehead atoms. The number of carbonyl (C=O) groups excluding carboxylic acids is 2. The van der Waals surface area contributed by atoms with Crippen LogP contribution in [0.2, 0.25) is 5.02 Å². The highest BCUT2D eigenvalue weighted by molar-refractivity contribution is 6.33. The molecule has 2 aromatic rings. The number of halogens is 2. The van der Waals surface area contributed by atoms with Gasteiger partial charge in [-0.3, -0.25) is 4.79 Å². The maximum absolute atomic E-state index is 12.8. The van der Waals surface area contributed by atoms with Crippen LogP contribution >= 0.6 is 11.6 Å². The summed E-state index contributed by atoms with van der Waals surface area (Å²) in [4.78, 5) is 23.9. The first-order valence-electron chi connectivity index (χ1n) is 6.95. The van der Waals surface area contributed by atoms with Crippen molar-refractivity contribution in [1.29, 1.82) is 0 Å². The lowest BCUT2D eigenvalue weighted by Crippen LogP contribution is -2.35. The van der Waals surface area contributed by atoms with Crippen molar-refractivity contribution in [2.24, 2.45) is 0 Å². The Balaban J connectivity index is 1.88. The molecule has 4 nitrogen and oxygen atoms in total. The van der Waals surface area contributed by atoms with E-state index in [4.69, 9.17) is 16.3 Å². The number of rotatable bonds is 5. The lowest BCUT2D eigenvalue weighted by atomic mass is 10.2. The van der Waals surface area contributed by atoms with Crippen LogP contribution in [-0.4, -0.2) is 18.0 Å². The van der Waals surface area contributed by atoms with Crippen molar-refractivity contribution in [2.75, 3.05) is 0 Å². The van der Waals surface area contributed by atoms with Crippen LogP contribution in [0.4, 0.5) is 4.39 Å². The van der Waals surface area contributed by atoms with Crippen LogP contribution in [0, 0.1) is 5.82 Å². The maximum Gasteiger partial charge on any atom is 0.340 e. The standard InChI is InChI=1S/C17H15ClFNO3/c1-11(23-17(22)14-4-2-3-5-15(14)18)16(21)20-10-12-6-8-13(19)9-7-12/h2-9,11H,10H2,1H3,(H,20,21). The Morgan fingerprint density at radius 2 is 1.83 bits per heavy atom. The van der Waals surface area contributed by atoms with Gasteiger partial charge < -0.3 is 10.1 Å². The third kappa shape index (κ3) is 4.79. The molecule has 1 amide bonds. The highest BCUT2D eigenvalue weighted by Crippen LogP contribution is 2.16. The lowest BCUT2D eigenvalue weighted by Gasteiger charge is -2.14. The fraction of sp³-hybridized carbons (Fsp3) is 0.176. The van der Waals surface area contributed by atoms with E-state index in [0.717, 1.165) is 5.56 Å². The molecule has 1 atom stereocenters. The molecule has 6 heteroatoms. The van der Waals surface area contributed by atoms with Crippen molar-refractivity contribution in [1.82, 2.24) is 5.32 Å². The third-order valence-corrected chi connectivity index (χ3v) is 3.46. The van der Waals surface area contributed by atoms with Gasteiger partial charge in [0.1, 0.15) is 5.82 Å². The van der Waals surface area contributed by atoms with E-state index in [9.17, 15) is 14.0 Å². The van der Waals surface area contributed by atoms with Gasteiger partial charge in [0.15, 0.2) is 6.10 Å². The Kier molecular flexibility index (Phi) is 5.71. The normalized spacial score (nSPS) is 11.6. The second-order valence-electron chi connectivity index (χ2n) is 4.87. The van der Waals surface area contributed by atoms with Gasteiger partial charge in [-0.2, -0.15) is 0 Å². The Labute approximate surface area is 138 Å². The van der Waals surface area contributed by atoms with E-state index in [1.165, 1.54) is 25.1 Å². The lowest BCUT2D eigenvalue weighted by molar-refractivity contribution is -0.129. The number of nitrogens with one attached hydrogen (secondary N) is 1. The van der Waals surface area contributed by atoms with Gasteiger partial charge in [0.25, 0.3) is 5.91 Å². The van der Waals surface area contributed by atoms with E-state index in [1.807, 2.05) is 0 Å². The summed E-state index contributed by atoms with van der Waals surface area (Å²) in [5, 5.41) is 2.88. The van der Waals surface area contributed by atoms with Gasteiger partial charge in [-0.25, -0.2) is 9.18 Å². The Morgan fingerprint density at radius 3 is 2.48 bits per heavy atom. The number of esters is 1. The molecule has 0 spiro atoms. The number of benzene rings is 2. The molecule has 0 fully saturated rings. The summed E-state index contributed by atoms with van der Waals surface area (Å²) in [6.45, 7) is 1.68. The Hall–Kier alpha value is -2.40. The van der Waals surface area contributed by atoms with Gasteiger partial charge in [-0.15, -0.1) is 0 Å². The number of hydrogen-bond acceptors (Lipinski definition) is 3. The summed E-state index contributed by atoms with van der Waals surface area (Å²) in [5.41, 5.74) is 0.941. The molecular formula is C17H15ClFNO3. The minimum atomic E-state index is -0.973. The number of carbonyl (C=O) groups is 2. The van der Waals surface area contributed by atoms with Crippen molar-refractivity contribution >= 4 is 23.5 Å². The molecule has 0 radical (unpaired) electrons. The quantitative estimate of drug-likeness (QED) is 0.853. The molecule has 0 aliphatic heterocycles. The molecule has 0 heterocycles. The summed E-state index contributed by atoms with van der Waals surface area (Å²) >= 11 is 5.90. The summed E-state index contributed by atoms with van der Waals surface area (Å²) in [5.74, 6) is -1.46. The highest BCUT2D eigenvalue weighted by atomic mass is 35.5. The smallest absolute Gasteiger partial charge is 0.340 e. The zero-order valence-corrected chi connectivity index (χ0v) is 13.1. The molecular weight excluding hydrogens is 321 g/mol. The third-order valence-electron chi connectivity index (χ3n) is 3.13. The molecule has 23 heavy (non-hydrogen) atoms. The van der Waals surface area contributed by atoms with Crippen LogP contribution in [0.15, 0.2) is 48.5 Å². The molecule has 2 rings (SSSR count). The number of ether oxygens (including phenoxy) is 1. The first kappa shape index (κ1) is 17.0. The van der Waals surface area contributed by atoms with Gasteiger partial charge in [-0.1, -0.05) is 35.9 Å². The molecule has 1 N–H and O–H groups in total. The molecule has 1 unspecified atom stereocenters. The molecule has 0 saturated carbocycles. The SMILES string of the molecule is CC(OC(=O)c1ccccc1Cl)C(=O)NCc1ccc(F)cc1. The Morgan fingerprint density at radius 1 is 1.17 bits per heavy atom. The van der Waals surface area contributed by atoms with Gasteiger partial charge in [0, 0.05) is 6.54 Å².